The number of benzene rings is 1. The van der Waals surface area contributed by atoms with Crippen LogP contribution in [0.2, 0.25) is 0 Å². The number of hydrogen-bond donors (Lipinski definition) is 3. The molecule has 1 fully saturated rings. The molecule has 3 N–H and O–H groups in total. The van der Waals surface area contributed by atoms with E-state index >= 15 is 0 Å². The van der Waals surface area contributed by atoms with Gasteiger partial charge in [0.05, 0.1) is 0 Å². The van der Waals surface area contributed by atoms with Crippen LogP contribution in [0.1, 0.15) is 25.5 Å². The molecule has 0 bridgehead atoms. The van der Waals surface area contributed by atoms with Gasteiger partial charge >= 0.3 is 12.0 Å². The lowest BCUT2D eigenvalue weighted by atomic mass is 10.0. The molecule has 3 atom stereocenters. The number of carbonyl (C=O) groups excluding carboxylic acids is 4. The highest BCUT2D eigenvalue weighted by molar-refractivity contribution is 8.01. The molecule has 0 spiro atoms. The predicted molar refractivity (Wildman–Crippen MR) is 149 cm³/mol. The molecule has 2 aliphatic heterocycles. The van der Waals surface area contributed by atoms with E-state index in [1.165, 1.54) is 46.2 Å². The minimum absolute atomic E-state index is 0.126. The maximum Gasteiger partial charge on any atom is 0.352 e. The van der Waals surface area contributed by atoms with E-state index in [2.05, 4.69) is 26.2 Å². The summed E-state index contributed by atoms with van der Waals surface area (Å²) in [5.41, 5.74) is 1.54. The Labute approximate surface area is 243 Å². The van der Waals surface area contributed by atoms with E-state index in [0.29, 0.717) is 27.6 Å². The first-order chi connectivity index (χ1) is 19.5. The molecule has 3 heterocycles. The van der Waals surface area contributed by atoms with Gasteiger partial charge in [-0.3, -0.25) is 24.2 Å². The molecule has 41 heavy (non-hydrogen) atoms. The summed E-state index contributed by atoms with van der Waals surface area (Å²) in [7, 11) is 2.95. The van der Waals surface area contributed by atoms with E-state index < -0.39 is 47.2 Å². The molecular weight excluding hydrogens is 572 g/mol. The SMILES string of the molecule is CC(C)=CC(=O)N(C)C(=O)NC(C(=O)NC1C(=O)N2C(C(=O)O)=C(CSc3nnnn3C)CS[C@@H]12)c1ccccc1. The predicted octanol–water partition coefficient (Wildman–Crippen LogP) is 0.916. The van der Waals surface area contributed by atoms with Crippen LogP contribution in [-0.2, 0) is 26.2 Å². The highest BCUT2D eigenvalue weighted by atomic mass is 32.2. The number of thioether (sulfide) groups is 2. The number of aryl methyl sites for hydroxylation is 1. The number of amides is 5. The van der Waals surface area contributed by atoms with Crippen LogP contribution in [-0.4, -0.2) is 94.8 Å². The van der Waals surface area contributed by atoms with E-state index in [1.807, 2.05) is 0 Å². The molecule has 1 aromatic carbocycles. The van der Waals surface area contributed by atoms with E-state index in [0.717, 1.165) is 4.90 Å². The molecule has 14 nitrogen and oxygen atoms in total. The largest absolute Gasteiger partial charge is 0.477 e. The molecular formula is C25H28N8O6S2. The molecule has 0 aliphatic carbocycles. The summed E-state index contributed by atoms with van der Waals surface area (Å²) in [5.74, 6) is -2.49. The fourth-order valence-corrected chi connectivity index (χ4v) is 6.47. The van der Waals surface area contributed by atoms with Gasteiger partial charge in [-0.25, -0.2) is 14.3 Å². The number of fused-ring (bicyclic) bond motifs is 1. The van der Waals surface area contributed by atoms with E-state index in [1.54, 1.807) is 51.2 Å². The van der Waals surface area contributed by atoms with E-state index in [-0.39, 0.29) is 11.4 Å². The summed E-state index contributed by atoms with van der Waals surface area (Å²) in [4.78, 5) is 66.0. The zero-order chi connectivity index (χ0) is 29.8. The molecule has 1 saturated heterocycles. The summed E-state index contributed by atoms with van der Waals surface area (Å²) in [6, 6.07) is 5.36. The molecule has 2 unspecified atom stereocenters. The zero-order valence-corrected chi connectivity index (χ0v) is 24.2. The molecule has 2 aliphatic rings. The van der Waals surface area contributed by atoms with Crippen molar-refractivity contribution in [1.82, 2.24) is 40.6 Å². The first kappa shape index (κ1) is 29.8. The highest BCUT2D eigenvalue weighted by Crippen LogP contribution is 2.41. The number of carboxylic acid groups (broad SMARTS) is 1. The van der Waals surface area contributed by atoms with Gasteiger partial charge in [0.15, 0.2) is 0 Å². The minimum Gasteiger partial charge on any atom is -0.477 e. The molecule has 16 heteroatoms. The molecule has 4 rings (SSSR count). The van der Waals surface area contributed by atoms with Gasteiger partial charge in [-0.05, 0) is 35.4 Å². The highest BCUT2D eigenvalue weighted by Gasteiger charge is 2.54. The Bertz CT molecular complexity index is 1440. The van der Waals surface area contributed by atoms with Gasteiger partial charge in [0.1, 0.15) is 23.2 Å². The number of likely N-dealkylation sites (N-methyl/N-ethyl adjacent to an activating group) is 1. The number of hydrogen-bond acceptors (Lipinski definition) is 10. The molecule has 2 aromatic rings. The molecule has 0 radical (unpaired) electrons. The van der Waals surface area contributed by atoms with Gasteiger partial charge in [0.2, 0.25) is 11.1 Å². The second-order valence-corrected chi connectivity index (χ2v) is 11.5. The quantitative estimate of drug-likeness (QED) is 0.212. The Hall–Kier alpha value is -4.18. The number of allylic oxidation sites excluding steroid dienone is 1. The topological polar surface area (TPSA) is 180 Å². The van der Waals surface area contributed by atoms with Gasteiger partial charge in [-0.1, -0.05) is 47.7 Å². The first-order valence-electron chi connectivity index (χ1n) is 12.3. The van der Waals surface area contributed by atoms with Crippen molar-refractivity contribution in [2.24, 2.45) is 7.05 Å². The zero-order valence-electron chi connectivity index (χ0n) is 22.6. The van der Waals surface area contributed by atoms with E-state index in [4.69, 9.17) is 0 Å². The van der Waals surface area contributed by atoms with Gasteiger partial charge in [-0.2, -0.15) is 0 Å². The normalized spacial score (nSPS) is 18.5. The van der Waals surface area contributed by atoms with Gasteiger partial charge < -0.3 is 15.7 Å². The number of imide groups is 1. The monoisotopic (exact) mass is 600 g/mol. The van der Waals surface area contributed by atoms with Crippen molar-refractivity contribution in [3.05, 3.63) is 58.8 Å². The van der Waals surface area contributed by atoms with Crippen molar-refractivity contribution >= 4 is 53.2 Å². The Morgan fingerprint density at radius 1 is 1.24 bits per heavy atom. The number of rotatable bonds is 9. The maximum absolute atomic E-state index is 13.4. The second-order valence-electron chi connectivity index (χ2n) is 9.44. The Balaban J connectivity index is 1.49. The van der Waals surface area contributed by atoms with Crippen LogP contribution in [0.4, 0.5) is 4.79 Å². The van der Waals surface area contributed by atoms with Crippen LogP contribution in [0, 0.1) is 0 Å². The van der Waals surface area contributed by atoms with E-state index in [9.17, 15) is 29.1 Å². The number of urea groups is 1. The van der Waals surface area contributed by atoms with Crippen molar-refractivity contribution in [1.29, 1.82) is 0 Å². The Morgan fingerprint density at radius 3 is 2.56 bits per heavy atom. The average molecular weight is 601 g/mol. The number of β-lactam (4-membered cyclic amide) rings is 1. The van der Waals surface area contributed by atoms with Gasteiger partial charge in [0, 0.05) is 31.7 Å². The summed E-state index contributed by atoms with van der Waals surface area (Å²) < 4.78 is 1.46. The molecule has 0 saturated carbocycles. The lowest BCUT2D eigenvalue weighted by molar-refractivity contribution is -0.151. The lowest BCUT2D eigenvalue weighted by Crippen LogP contribution is -2.71. The Kier molecular flexibility index (Phi) is 9.12. The van der Waals surface area contributed by atoms with Crippen molar-refractivity contribution in [3.8, 4) is 0 Å². The van der Waals surface area contributed by atoms with Crippen LogP contribution >= 0.6 is 23.5 Å². The fraction of sp³-hybridized carbons (Fsp3) is 0.360. The van der Waals surface area contributed by atoms with Crippen LogP contribution < -0.4 is 10.6 Å². The average Bonchev–Trinajstić information content (AvgIpc) is 3.36. The maximum atomic E-state index is 13.4. The standard InChI is InChI=1S/C25H28N8O6S2/c1-13(2)10-16(34)31(3)24(39)27-17(14-8-6-5-7-9-14)20(35)26-18-21(36)33-19(23(37)38)15(11-40-22(18)33)12-41-25-28-29-30-32(25)4/h5-10,17-18,22H,11-12H2,1-4H3,(H,26,35)(H,27,39)(H,37,38)/t17?,18?,22-/m0/s1. The van der Waals surface area contributed by atoms with Crippen molar-refractivity contribution in [2.75, 3.05) is 18.6 Å². The number of aromatic nitrogens is 4. The Morgan fingerprint density at radius 2 is 1.95 bits per heavy atom. The number of tetrazole rings is 1. The second kappa shape index (κ2) is 12.6. The summed E-state index contributed by atoms with van der Waals surface area (Å²) in [6.07, 6.45) is 1.30. The van der Waals surface area contributed by atoms with Gasteiger partial charge in [-0.15, -0.1) is 16.9 Å². The smallest absolute Gasteiger partial charge is 0.352 e. The van der Waals surface area contributed by atoms with Crippen molar-refractivity contribution < 1.29 is 29.1 Å². The molecule has 216 valence electrons. The number of nitrogens with one attached hydrogen (secondary N) is 2. The number of carboxylic acids is 1. The fourth-order valence-electron chi connectivity index (χ4n) is 4.14. The summed E-state index contributed by atoms with van der Waals surface area (Å²) >= 11 is 2.57. The van der Waals surface area contributed by atoms with Crippen LogP contribution in [0.15, 0.2) is 58.4 Å². The third-order valence-corrected chi connectivity index (χ3v) is 8.65. The number of nitrogens with zero attached hydrogens (tertiary/aromatic N) is 6. The first-order valence-corrected chi connectivity index (χ1v) is 14.4. The van der Waals surface area contributed by atoms with Crippen molar-refractivity contribution in [2.45, 2.75) is 36.5 Å². The molecule has 5 amide bonds. The molecule has 1 aromatic heterocycles. The van der Waals surface area contributed by atoms with Crippen LogP contribution in [0.5, 0.6) is 0 Å². The lowest BCUT2D eigenvalue weighted by Gasteiger charge is -2.49. The third-order valence-electron chi connectivity index (χ3n) is 6.21. The van der Waals surface area contributed by atoms with Crippen molar-refractivity contribution in [3.63, 3.8) is 0 Å². The summed E-state index contributed by atoms with van der Waals surface area (Å²) in [5, 5.41) is 26.2. The summed E-state index contributed by atoms with van der Waals surface area (Å²) in [6.45, 7) is 3.43. The number of aliphatic carboxylic acids is 1. The third kappa shape index (κ3) is 6.43. The van der Waals surface area contributed by atoms with Crippen LogP contribution in [0.3, 0.4) is 0 Å². The van der Waals surface area contributed by atoms with Crippen LogP contribution in [0.25, 0.3) is 0 Å². The minimum atomic E-state index is -1.25. The van der Waals surface area contributed by atoms with Gasteiger partial charge in [0.25, 0.3) is 11.8 Å². The number of carbonyl (C=O) groups is 5.